The Hall–Kier alpha value is -2.63. The number of amides is 1. The third kappa shape index (κ3) is 4.50. The minimum atomic E-state index is -0.271. The fourth-order valence-corrected chi connectivity index (χ4v) is 2.62. The van der Waals surface area contributed by atoms with E-state index in [9.17, 15) is 4.79 Å². The van der Waals surface area contributed by atoms with Crippen LogP contribution in [0.25, 0.3) is 0 Å². The summed E-state index contributed by atoms with van der Waals surface area (Å²) in [5.41, 5.74) is 3.13. The zero-order valence-electron chi connectivity index (χ0n) is 14.0. The minimum Gasteiger partial charge on any atom is -0.347 e. The lowest BCUT2D eigenvalue weighted by atomic mass is 10.1. The molecule has 3 rings (SSSR count). The van der Waals surface area contributed by atoms with Crippen LogP contribution >= 0.6 is 23.2 Å². The van der Waals surface area contributed by atoms with Crippen LogP contribution in [0.1, 0.15) is 21.6 Å². The number of aromatic nitrogens is 2. The summed E-state index contributed by atoms with van der Waals surface area (Å²) in [5.74, 6) is 0.0276. The van der Waals surface area contributed by atoms with Crippen molar-refractivity contribution < 1.29 is 4.79 Å². The van der Waals surface area contributed by atoms with Crippen molar-refractivity contribution in [1.29, 1.82) is 0 Å². The number of hydrogen-bond acceptors (Lipinski definition) is 4. The van der Waals surface area contributed by atoms with E-state index in [1.807, 2.05) is 31.2 Å². The fourth-order valence-electron chi connectivity index (χ4n) is 2.32. The van der Waals surface area contributed by atoms with Crippen LogP contribution in [0.2, 0.25) is 10.0 Å². The molecule has 5 nitrogen and oxygen atoms in total. The topological polar surface area (TPSA) is 66.9 Å². The van der Waals surface area contributed by atoms with Gasteiger partial charge in [0.15, 0.2) is 0 Å². The Morgan fingerprint density at radius 3 is 2.65 bits per heavy atom. The summed E-state index contributed by atoms with van der Waals surface area (Å²) in [5, 5.41) is 6.75. The Bertz CT molecular complexity index is 946. The lowest BCUT2D eigenvalue weighted by molar-refractivity contribution is 0.0946. The zero-order valence-corrected chi connectivity index (χ0v) is 15.5. The first kappa shape index (κ1) is 18.2. The van der Waals surface area contributed by atoms with Crippen molar-refractivity contribution in [3.8, 4) is 0 Å². The lowest BCUT2D eigenvalue weighted by Gasteiger charge is -2.09. The molecule has 0 bridgehead atoms. The van der Waals surface area contributed by atoms with E-state index < -0.39 is 0 Å². The number of anilines is 2. The van der Waals surface area contributed by atoms with Gasteiger partial charge >= 0.3 is 0 Å². The second-order valence-corrected chi connectivity index (χ2v) is 6.44. The maximum absolute atomic E-state index is 12.4. The van der Waals surface area contributed by atoms with E-state index in [-0.39, 0.29) is 11.6 Å². The van der Waals surface area contributed by atoms with Crippen LogP contribution in [0.5, 0.6) is 0 Å². The molecule has 0 saturated heterocycles. The quantitative estimate of drug-likeness (QED) is 0.662. The molecule has 3 aromatic rings. The van der Waals surface area contributed by atoms with E-state index in [4.69, 9.17) is 23.2 Å². The molecule has 1 aromatic heterocycles. The molecule has 26 heavy (non-hydrogen) atoms. The molecule has 0 spiro atoms. The summed E-state index contributed by atoms with van der Waals surface area (Å²) in [6, 6.07) is 14.5. The molecule has 2 aromatic carbocycles. The predicted molar refractivity (Wildman–Crippen MR) is 104 cm³/mol. The third-order valence-corrected chi connectivity index (χ3v) is 4.50. The average Bonchev–Trinajstić information content (AvgIpc) is 2.64. The van der Waals surface area contributed by atoms with Crippen molar-refractivity contribution in [2.24, 2.45) is 0 Å². The highest BCUT2D eigenvalue weighted by molar-refractivity contribution is 6.42. The summed E-state index contributed by atoms with van der Waals surface area (Å²) >= 11 is 11.9. The van der Waals surface area contributed by atoms with Crippen molar-refractivity contribution in [3.63, 3.8) is 0 Å². The Morgan fingerprint density at radius 1 is 1.08 bits per heavy atom. The predicted octanol–water partition coefficient (Wildman–Crippen LogP) is 4.77. The fraction of sp³-hybridized carbons (Fsp3) is 0.105. The second kappa shape index (κ2) is 8.17. The molecular weight excluding hydrogens is 371 g/mol. The van der Waals surface area contributed by atoms with Gasteiger partial charge in [-0.2, -0.15) is 0 Å². The number of aryl methyl sites for hydroxylation is 1. The van der Waals surface area contributed by atoms with Crippen LogP contribution in [-0.2, 0) is 6.54 Å². The molecule has 0 aliphatic carbocycles. The largest absolute Gasteiger partial charge is 0.347 e. The number of carbonyl (C=O) groups excluding carboxylic acids is 1. The first-order valence-electron chi connectivity index (χ1n) is 7.91. The Kier molecular flexibility index (Phi) is 5.71. The van der Waals surface area contributed by atoms with Gasteiger partial charge in [-0.3, -0.25) is 4.79 Å². The first-order chi connectivity index (χ1) is 12.5. The van der Waals surface area contributed by atoms with E-state index in [1.165, 1.54) is 6.20 Å². The highest BCUT2D eigenvalue weighted by Gasteiger charge is 2.10. The van der Waals surface area contributed by atoms with Gasteiger partial charge in [0.1, 0.15) is 5.69 Å². The molecular formula is C19H16Cl2N4O. The summed E-state index contributed by atoms with van der Waals surface area (Å²) in [4.78, 5) is 20.7. The van der Waals surface area contributed by atoms with E-state index >= 15 is 0 Å². The molecule has 0 atom stereocenters. The van der Waals surface area contributed by atoms with Crippen LogP contribution in [-0.4, -0.2) is 15.9 Å². The van der Waals surface area contributed by atoms with Gasteiger partial charge < -0.3 is 10.6 Å². The number of benzene rings is 2. The maximum atomic E-state index is 12.4. The van der Waals surface area contributed by atoms with Gasteiger partial charge in [0.05, 0.1) is 10.0 Å². The average molecular weight is 387 g/mol. The SMILES string of the molecule is Cc1ccccc1CNC(=O)c1ccnc(Nc2ccc(Cl)c(Cl)c2)n1. The van der Waals surface area contributed by atoms with Crippen LogP contribution < -0.4 is 10.6 Å². The van der Waals surface area contributed by atoms with E-state index in [1.54, 1.807) is 24.3 Å². The zero-order chi connectivity index (χ0) is 18.5. The van der Waals surface area contributed by atoms with E-state index in [2.05, 4.69) is 20.6 Å². The summed E-state index contributed by atoms with van der Waals surface area (Å²) < 4.78 is 0. The molecule has 0 unspecified atom stereocenters. The van der Waals surface area contributed by atoms with Gasteiger partial charge in [0.2, 0.25) is 5.95 Å². The number of nitrogens with one attached hydrogen (secondary N) is 2. The Balaban J connectivity index is 1.69. The normalized spacial score (nSPS) is 10.4. The van der Waals surface area contributed by atoms with Crippen molar-refractivity contribution in [2.45, 2.75) is 13.5 Å². The summed E-state index contributed by atoms with van der Waals surface area (Å²) in [6.45, 7) is 2.44. The lowest BCUT2D eigenvalue weighted by Crippen LogP contribution is -2.24. The molecule has 1 amide bonds. The summed E-state index contributed by atoms with van der Waals surface area (Å²) in [6.07, 6.45) is 1.52. The van der Waals surface area contributed by atoms with Crippen LogP contribution in [0, 0.1) is 6.92 Å². The smallest absolute Gasteiger partial charge is 0.270 e. The van der Waals surface area contributed by atoms with Crippen LogP contribution in [0.15, 0.2) is 54.7 Å². The molecule has 0 aliphatic heterocycles. The highest BCUT2D eigenvalue weighted by Crippen LogP contribution is 2.26. The second-order valence-electron chi connectivity index (χ2n) is 5.63. The molecule has 0 radical (unpaired) electrons. The molecule has 0 saturated carbocycles. The molecule has 132 valence electrons. The standard InChI is InChI=1S/C19H16Cl2N4O/c1-12-4-2-3-5-13(12)11-23-18(26)17-8-9-22-19(25-17)24-14-6-7-15(20)16(21)10-14/h2-10H,11H2,1H3,(H,23,26)(H,22,24,25). The molecule has 2 N–H and O–H groups in total. The van der Waals surface area contributed by atoms with Gasteiger partial charge in [0.25, 0.3) is 5.91 Å². The summed E-state index contributed by atoms with van der Waals surface area (Å²) in [7, 11) is 0. The van der Waals surface area contributed by atoms with Crippen molar-refractivity contribution >= 4 is 40.7 Å². The van der Waals surface area contributed by atoms with Crippen LogP contribution in [0.3, 0.4) is 0 Å². The van der Waals surface area contributed by atoms with E-state index in [0.717, 1.165) is 11.1 Å². The monoisotopic (exact) mass is 386 g/mol. The highest BCUT2D eigenvalue weighted by atomic mass is 35.5. The maximum Gasteiger partial charge on any atom is 0.270 e. The molecule has 0 aliphatic rings. The van der Waals surface area contributed by atoms with Gasteiger partial charge in [-0.05, 0) is 42.3 Å². The Labute approximate surface area is 161 Å². The van der Waals surface area contributed by atoms with Gasteiger partial charge in [0, 0.05) is 18.4 Å². The number of nitrogens with zero attached hydrogens (tertiary/aromatic N) is 2. The van der Waals surface area contributed by atoms with Crippen molar-refractivity contribution in [1.82, 2.24) is 15.3 Å². The third-order valence-electron chi connectivity index (χ3n) is 3.76. The Morgan fingerprint density at radius 2 is 1.88 bits per heavy atom. The number of rotatable bonds is 5. The molecule has 7 heteroatoms. The minimum absolute atomic E-state index is 0.271. The van der Waals surface area contributed by atoms with E-state index in [0.29, 0.717) is 28.2 Å². The van der Waals surface area contributed by atoms with Crippen molar-refractivity contribution in [3.05, 3.63) is 81.6 Å². The number of halogens is 2. The molecule has 0 fully saturated rings. The van der Waals surface area contributed by atoms with Gasteiger partial charge in [-0.25, -0.2) is 9.97 Å². The number of carbonyl (C=O) groups is 1. The first-order valence-corrected chi connectivity index (χ1v) is 8.66. The molecule has 1 heterocycles. The van der Waals surface area contributed by atoms with Crippen LogP contribution in [0.4, 0.5) is 11.6 Å². The number of hydrogen-bond donors (Lipinski definition) is 2. The van der Waals surface area contributed by atoms with Gasteiger partial charge in [-0.15, -0.1) is 0 Å². The van der Waals surface area contributed by atoms with Gasteiger partial charge in [-0.1, -0.05) is 47.5 Å². The van der Waals surface area contributed by atoms with Crippen molar-refractivity contribution in [2.75, 3.05) is 5.32 Å².